The summed E-state index contributed by atoms with van der Waals surface area (Å²) in [6.07, 6.45) is 0. The summed E-state index contributed by atoms with van der Waals surface area (Å²) in [5.41, 5.74) is 21.8. The third kappa shape index (κ3) is 7.18. The highest BCUT2D eigenvalue weighted by Gasteiger charge is 2.17. The Bertz CT molecular complexity index is 4390. The molecule has 15 rings (SSSR count). The summed E-state index contributed by atoms with van der Waals surface area (Å²) in [6, 6.07) is 107. The van der Waals surface area contributed by atoms with Crippen LogP contribution in [0.3, 0.4) is 0 Å². The van der Waals surface area contributed by atoms with Crippen molar-refractivity contribution in [2.75, 3.05) is 0 Å². The van der Waals surface area contributed by atoms with Crippen LogP contribution in [0.5, 0.6) is 0 Å². The van der Waals surface area contributed by atoms with Crippen LogP contribution < -0.4 is 0 Å². The van der Waals surface area contributed by atoms with Crippen molar-refractivity contribution in [3.05, 3.63) is 291 Å². The van der Waals surface area contributed by atoms with Crippen molar-refractivity contribution in [2.24, 2.45) is 0 Å². The van der Waals surface area contributed by atoms with Gasteiger partial charge in [-0.05, 0) is 149 Å². The largest absolute Gasteiger partial charge is 0.309 e. The van der Waals surface area contributed by atoms with E-state index in [-0.39, 0.29) is 0 Å². The van der Waals surface area contributed by atoms with Crippen molar-refractivity contribution >= 4 is 65.2 Å². The molecule has 15 aromatic rings. The predicted octanol–water partition coefficient (Wildman–Crippen LogP) is 20.2. The molecule has 0 fully saturated rings. The average molecular weight is 965 g/mol. The second kappa shape index (κ2) is 17.9. The topological polar surface area (TPSA) is 9.86 Å². The molecule has 0 radical (unpaired) electrons. The van der Waals surface area contributed by atoms with Crippen LogP contribution in [0, 0.1) is 0 Å². The molecule has 2 heteroatoms. The molecule has 0 aliphatic carbocycles. The van der Waals surface area contributed by atoms with Gasteiger partial charge in [0.05, 0.1) is 22.1 Å². The van der Waals surface area contributed by atoms with E-state index in [0.29, 0.717) is 0 Å². The Morgan fingerprint density at radius 2 is 0.408 bits per heavy atom. The second-order valence-electron chi connectivity index (χ2n) is 20.0. The fraction of sp³-hybridized carbons (Fsp3) is 0. The number of para-hydroxylation sites is 4. The van der Waals surface area contributed by atoms with Gasteiger partial charge in [0.25, 0.3) is 0 Å². The molecular weight excluding hydrogens is 917 g/mol. The smallest absolute Gasteiger partial charge is 0.0541 e. The Hall–Kier alpha value is -10.0. The van der Waals surface area contributed by atoms with Crippen LogP contribution in [0.2, 0.25) is 0 Å². The number of fused-ring (bicyclic) bond motifs is 8. The normalized spacial score (nSPS) is 11.7. The van der Waals surface area contributed by atoms with Gasteiger partial charge in [-0.3, -0.25) is 0 Å². The Morgan fingerprint density at radius 1 is 0.158 bits per heavy atom. The molecule has 0 atom stereocenters. The Labute approximate surface area is 441 Å². The van der Waals surface area contributed by atoms with Gasteiger partial charge in [0.2, 0.25) is 0 Å². The zero-order valence-electron chi connectivity index (χ0n) is 41.6. The van der Waals surface area contributed by atoms with E-state index in [9.17, 15) is 0 Å². The highest BCUT2D eigenvalue weighted by molar-refractivity contribution is 6.12. The molecule has 0 saturated carbocycles. The Balaban J connectivity index is 0.708. The molecule has 354 valence electrons. The quantitative estimate of drug-likeness (QED) is 0.144. The second-order valence-corrected chi connectivity index (χ2v) is 20.0. The first kappa shape index (κ1) is 43.6. The lowest BCUT2D eigenvalue weighted by Gasteiger charge is -2.15. The molecule has 2 nitrogen and oxygen atoms in total. The number of nitrogens with zero attached hydrogens (tertiary/aromatic N) is 2. The summed E-state index contributed by atoms with van der Waals surface area (Å²) in [7, 11) is 0. The SMILES string of the molecule is c1ccc(-n2c3ccccc3c3cc(-c4ccc(-c5ccc(-c6ccc(-c7ccc(-c8ccc(-c9ccc%10c(c9)c9ccccc9n%10-c9ccccc9)cc8)c8ccccc78)cc6)c6ccccc56)cc4)ccc32)cc1. The fourth-order valence-electron chi connectivity index (χ4n) is 12.1. The molecule has 0 bridgehead atoms. The minimum atomic E-state index is 1.17. The highest BCUT2D eigenvalue weighted by atomic mass is 15.0. The van der Waals surface area contributed by atoms with Gasteiger partial charge in [0.15, 0.2) is 0 Å². The highest BCUT2D eigenvalue weighted by Crippen LogP contribution is 2.42. The van der Waals surface area contributed by atoms with Crippen LogP contribution in [-0.4, -0.2) is 9.13 Å². The minimum absolute atomic E-state index is 1.17. The van der Waals surface area contributed by atoms with Crippen LogP contribution in [0.4, 0.5) is 0 Å². The molecule has 0 amide bonds. The maximum atomic E-state index is 2.37. The van der Waals surface area contributed by atoms with Crippen molar-refractivity contribution in [1.82, 2.24) is 9.13 Å². The van der Waals surface area contributed by atoms with Crippen LogP contribution >= 0.6 is 0 Å². The number of hydrogen-bond acceptors (Lipinski definition) is 0. The number of rotatable bonds is 8. The summed E-state index contributed by atoms with van der Waals surface area (Å²) < 4.78 is 4.74. The van der Waals surface area contributed by atoms with E-state index in [1.807, 2.05) is 0 Å². The molecule has 0 saturated heterocycles. The first-order chi connectivity index (χ1) is 37.7. The molecule has 0 aliphatic heterocycles. The van der Waals surface area contributed by atoms with Gasteiger partial charge in [0.1, 0.15) is 0 Å². The first-order valence-corrected chi connectivity index (χ1v) is 26.2. The van der Waals surface area contributed by atoms with Crippen LogP contribution in [0.15, 0.2) is 291 Å². The summed E-state index contributed by atoms with van der Waals surface area (Å²) >= 11 is 0. The summed E-state index contributed by atoms with van der Waals surface area (Å²) in [4.78, 5) is 0. The van der Waals surface area contributed by atoms with E-state index in [1.54, 1.807) is 0 Å². The van der Waals surface area contributed by atoms with E-state index in [0.717, 1.165) is 0 Å². The van der Waals surface area contributed by atoms with Crippen molar-refractivity contribution < 1.29 is 0 Å². The third-order valence-corrected chi connectivity index (χ3v) is 15.8. The third-order valence-electron chi connectivity index (χ3n) is 15.8. The lowest BCUT2D eigenvalue weighted by Crippen LogP contribution is -1.92. The Morgan fingerprint density at radius 3 is 0.737 bits per heavy atom. The van der Waals surface area contributed by atoms with Crippen molar-refractivity contribution in [2.45, 2.75) is 0 Å². The van der Waals surface area contributed by atoms with Crippen molar-refractivity contribution in [3.8, 4) is 78.1 Å². The molecule has 0 spiro atoms. The van der Waals surface area contributed by atoms with Gasteiger partial charge in [0, 0.05) is 32.9 Å². The lowest BCUT2D eigenvalue weighted by atomic mass is 9.89. The molecule has 13 aromatic carbocycles. The Kier molecular flexibility index (Phi) is 10.2. The monoisotopic (exact) mass is 964 g/mol. The van der Waals surface area contributed by atoms with E-state index >= 15 is 0 Å². The molecule has 0 N–H and O–H groups in total. The van der Waals surface area contributed by atoms with Gasteiger partial charge < -0.3 is 9.13 Å². The number of aromatic nitrogens is 2. The molecule has 76 heavy (non-hydrogen) atoms. The van der Waals surface area contributed by atoms with Gasteiger partial charge in [-0.25, -0.2) is 0 Å². The van der Waals surface area contributed by atoms with Gasteiger partial charge in [-0.1, -0.05) is 231 Å². The fourth-order valence-corrected chi connectivity index (χ4v) is 12.1. The number of benzene rings is 13. The van der Waals surface area contributed by atoms with Gasteiger partial charge in [-0.15, -0.1) is 0 Å². The van der Waals surface area contributed by atoms with E-state index in [4.69, 9.17) is 0 Å². The molecule has 0 unspecified atom stereocenters. The van der Waals surface area contributed by atoms with Crippen LogP contribution in [-0.2, 0) is 0 Å². The zero-order valence-corrected chi connectivity index (χ0v) is 41.6. The van der Waals surface area contributed by atoms with E-state index < -0.39 is 0 Å². The summed E-state index contributed by atoms with van der Waals surface area (Å²) in [5.74, 6) is 0. The minimum Gasteiger partial charge on any atom is -0.309 e. The lowest BCUT2D eigenvalue weighted by molar-refractivity contribution is 1.18. The van der Waals surface area contributed by atoms with E-state index in [1.165, 1.54) is 143 Å². The van der Waals surface area contributed by atoms with Crippen LogP contribution in [0.1, 0.15) is 0 Å². The molecular formula is C74H48N2. The number of hydrogen-bond donors (Lipinski definition) is 0. The van der Waals surface area contributed by atoms with Crippen molar-refractivity contribution in [1.29, 1.82) is 0 Å². The van der Waals surface area contributed by atoms with E-state index in [2.05, 4.69) is 300 Å². The molecule has 2 heterocycles. The standard InChI is InChI=1S/C74H48N2/c1-3-15-57(16-4-1)75-71-25-13-11-23-67(71)69-47-55(39-45-73(69)75)49-27-31-51(32-28-49)59-41-43-61(65-21-9-7-19-63(59)65)53-35-37-54(38-36-53)62-44-42-60(64-20-8-10-22-66(62)64)52-33-29-50(30-34-52)56-40-46-74-70(48-56)68-24-12-14-26-72(68)76(74)58-17-5-2-6-18-58/h1-48H. The maximum absolute atomic E-state index is 2.37. The zero-order chi connectivity index (χ0) is 50.1. The first-order valence-electron chi connectivity index (χ1n) is 26.2. The molecule has 0 aliphatic rings. The average Bonchev–Trinajstić information content (AvgIpc) is 4.02. The summed E-state index contributed by atoms with van der Waals surface area (Å²) in [5, 5.41) is 10.0. The van der Waals surface area contributed by atoms with Gasteiger partial charge >= 0.3 is 0 Å². The summed E-state index contributed by atoms with van der Waals surface area (Å²) in [6.45, 7) is 0. The predicted molar refractivity (Wildman–Crippen MR) is 323 cm³/mol. The van der Waals surface area contributed by atoms with Gasteiger partial charge in [-0.2, -0.15) is 0 Å². The maximum Gasteiger partial charge on any atom is 0.0541 e. The van der Waals surface area contributed by atoms with Crippen LogP contribution in [0.25, 0.3) is 143 Å². The van der Waals surface area contributed by atoms with Crippen molar-refractivity contribution in [3.63, 3.8) is 0 Å². The molecule has 2 aromatic heterocycles.